The molecule has 340 valence electrons. The molecule has 0 saturated heterocycles. The van der Waals surface area contributed by atoms with Gasteiger partial charge in [0.25, 0.3) is 0 Å². The summed E-state index contributed by atoms with van der Waals surface area (Å²) in [5.41, 5.74) is 4.43. The van der Waals surface area contributed by atoms with E-state index in [-0.39, 0.29) is 39.9 Å². The van der Waals surface area contributed by atoms with Gasteiger partial charge in [0.05, 0.1) is 34.3 Å². The maximum Gasteiger partial charge on any atom is 0.343 e. The average molecular weight is 889 g/mol. The molecule has 2 N–H and O–H groups in total. The number of rotatable bonds is 14. The third-order valence-corrected chi connectivity index (χ3v) is 10.3. The van der Waals surface area contributed by atoms with Crippen LogP contribution in [0, 0.1) is 27.7 Å². The average Bonchev–Trinajstić information content (AvgIpc) is 3.26. The minimum atomic E-state index is -1.07. The van der Waals surface area contributed by atoms with Crippen LogP contribution >= 0.6 is 0 Å². The van der Waals surface area contributed by atoms with Gasteiger partial charge in [0.2, 0.25) is 0 Å². The zero-order valence-corrected chi connectivity index (χ0v) is 39.0. The smallest absolute Gasteiger partial charge is 0.343 e. The topological polar surface area (TPSA) is 146 Å². The van der Waals surface area contributed by atoms with Crippen molar-refractivity contribution < 1.29 is 42.9 Å². The molecule has 0 spiro atoms. The van der Waals surface area contributed by atoms with E-state index in [1.165, 1.54) is 24.3 Å². The number of ether oxygens (including phenoxy) is 4. The normalized spacial score (nSPS) is 12.4. The highest BCUT2D eigenvalue weighted by Gasteiger charge is 2.36. The summed E-state index contributed by atoms with van der Waals surface area (Å²) >= 11 is 0. The lowest BCUT2D eigenvalue weighted by Gasteiger charge is -2.34. The molecule has 2 unspecified atom stereocenters. The van der Waals surface area contributed by atoms with Crippen LogP contribution in [0.15, 0.2) is 133 Å². The number of hydrogen-bond acceptors (Lipinski definition) is 11. The fourth-order valence-electron chi connectivity index (χ4n) is 6.80. The van der Waals surface area contributed by atoms with E-state index in [1.54, 1.807) is 109 Å². The number of esters is 4. The number of carbonyl (C=O) groups is 5. The van der Waals surface area contributed by atoms with E-state index in [0.29, 0.717) is 22.3 Å². The van der Waals surface area contributed by atoms with E-state index in [2.05, 4.69) is 10.6 Å². The predicted molar refractivity (Wildman–Crippen MR) is 254 cm³/mol. The van der Waals surface area contributed by atoms with Gasteiger partial charge in [0.1, 0.15) is 0 Å². The number of hydrogen-bond donors (Lipinski definition) is 2. The van der Waals surface area contributed by atoms with Crippen LogP contribution in [-0.4, -0.2) is 40.7 Å². The first-order valence-electron chi connectivity index (χ1n) is 21.6. The summed E-state index contributed by atoms with van der Waals surface area (Å²) in [5.74, 6) is -3.34. The predicted octanol–water partition coefficient (Wildman–Crippen LogP) is 10.9. The van der Waals surface area contributed by atoms with Gasteiger partial charge in [-0.15, -0.1) is 0 Å². The van der Waals surface area contributed by atoms with Crippen molar-refractivity contribution in [3.8, 4) is 23.0 Å². The van der Waals surface area contributed by atoms with Crippen molar-refractivity contribution in [1.29, 1.82) is 0 Å². The van der Waals surface area contributed by atoms with Gasteiger partial charge < -0.3 is 18.9 Å². The lowest BCUT2D eigenvalue weighted by molar-refractivity contribution is -0.124. The first-order chi connectivity index (χ1) is 31.1. The van der Waals surface area contributed by atoms with Crippen molar-refractivity contribution in [2.24, 2.45) is 0 Å². The summed E-state index contributed by atoms with van der Waals surface area (Å²) < 4.78 is 23.6. The zero-order valence-electron chi connectivity index (χ0n) is 39.0. The Balaban J connectivity index is 1.44. The van der Waals surface area contributed by atoms with Crippen LogP contribution < -0.4 is 29.6 Å². The van der Waals surface area contributed by atoms with E-state index in [0.717, 1.165) is 22.3 Å². The van der Waals surface area contributed by atoms with E-state index in [1.807, 2.05) is 69.2 Å². The van der Waals surface area contributed by atoms with Crippen LogP contribution in [0.2, 0.25) is 0 Å². The second-order valence-corrected chi connectivity index (χ2v) is 18.5. The van der Waals surface area contributed by atoms with Crippen molar-refractivity contribution in [3.05, 3.63) is 189 Å². The van der Waals surface area contributed by atoms with Gasteiger partial charge in [0, 0.05) is 11.1 Å². The maximum atomic E-state index is 15.4. The van der Waals surface area contributed by atoms with Gasteiger partial charge in [-0.3, -0.25) is 15.4 Å². The first kappa shape index (κ1) is 48.3. The third-order valence-electron chi connectivity index (χ3n) is 10.3. The van der Waals surface area contributed by atoms with Gasteiger partial charge in [-0.25, -0.2) is 19.2 Å². The Labute approximate surface area is 386 Å². The summed E-state index contributed by atoms with van der Waals surface area (Å²) in [5, 5.41) is 6.92. The molecule has 11 heteroatoms. The zero-order chi connectivity index (χ0) is 47.9. The van der Waals surface area contributed by atoms with Gasteiger partial charge >= 0.3 is 23.9 Å². The van der Waals surface area contributed by atoms with Gasteiger partial charge in [0.15, 0.2) is 28.8 Å². The van der Waals surface area contributed by atoms with E-state index >= 15 is 4.79 Å². The molecule has 0 fully saturated rings. The molecule has 0 aliphatic rings. The Hall–Kier alpha value is -7.21. The second-order valence-electron chi connectivity index (χ2n) is 18.5. The van der Waals surface area contributed by atoms with Gasteiger partial charge in [-0.2, -0.15) is 0 Å². The molecule has 0 aliphatic carbocycles. The molecule has 0 amide bonds. The number of ketones is 1. The third kappa shape index (κ3) is 13.0. The number of nitrogens with one attached hydrogen (secondary N) is 2. The quantitative estimate of drug-likeness (QED) is 0.0796. The van der Waals surface area contributed by atoms with Crippen LogP contribution in [-0.2, 0) is 4.79 Å². The molecule has 0 bridgehead atoms. The van der Waals surface area contributed by atoms with Crippen LogP contribution in [0.3, 0.4) is 0 Å². The molecule has 2 atom stereocenters. The lowest BCUT2D eigenvalue weighted by Crippen LogP contribution is -2.48. The first-order valence-corrected chi connectivity index (χ1v) is 21.6. The highest BCUT2D eigenvalue weighted by Crippen LogP contribution is 2.38. The molecule has 0 aromatic heterocycles. The molecule has 0 aliphatic heterocycles. The Morgan fingerprint density at radius 1 is 0.364 bits per heavy atom. The standard InChI is InChI=1S/C55H56N2O9/c1-33-11-19-37(20-12-33)50(59)63-43-29-27-41(31-45(43)65-52(61)39-23-15-35(3)16-24-39)47(56-54(5,6)7)49(58)48(57-55(8,9)10)42-28-30-44(64-51(60)38-21-13-34(2)14-22-38)46(32-42)66-53(62)40-25-17-36(4)18-26-40/h11-32,47-48,56-57H,1-10H3. The SMILES string of the molecule is Cc1ccc(C(=O)Oc2ccc(C(NC(C)(C)C)C(=O)C(NC(C)(C)C)c3ccc(OC(=O)c4ccc(C)cc4)c(OC(=O)c4ccc(C)cc4)c3)cc2OC(=O)c2ccc(C)cc2)cc1. The summed E-state index contributed by atoms with van der Waals surface area (Å²) in [6.07, 6.45) is 0. The molecule has 11 nitrogen and oxygen atoms in total. The summed E-state index contributed by atoms with van der Waals surface area (Å²) in [6, 6.07) is 34.6. The molecule has 6 rings (SSSR count). The Morgan fingerprint density at radius 2 is 0.606 bits per heavy atom. The molecule has 0 saturated carbocycles. The number of benzene rings is 6. The highest BCUT2D eigenvalue weighted by molar-refractivity contribution is 5.96. The lowest BCUT2D eigenvalue weighted by atomic mass is 9.89. The molecule has 6 aromatic carbocycles. The molecular weight excluding hydrogens is 833 g/mol. The second kappa shape index (κ2) is 20.3. The largest absolute Gasteiger partial charge is 0.419 e. The Bertz CT molecular complexity index is 2540. The minimum absolute atomic E-state index is 0.0353. The van der Waals surface area contributed by atoms with E-state index < -0.39 is 47.0 Å². The van der Waals surface area contributed by atoms with E-state index in [9.17, 15) is 19.2 Å². The molecule has 66 heavy (non-hydrogen) atoms. The van der Waals surface area contributed by atoms with Crippen LogP contribution in [0.4, 0.5) is 0 Å². The van der Waals surface area contributed by atoms with Crippen molar-refractivity contribution >= 4 is 29.7 Å². The van der Waals surface area contributed by atoms with Crippen molar-refractivity contribution in [1.82, 2.24) is 10.6 Å². The fraction of sp³-hybridized carbons (Fsp3) is 0.255. The van der Waals surface area contributed by atoms with Crippen molar-refractivity contribution in [2.75, 3.05) is 0 Å². The maximum absolute atomic E-state index is 15.4. The number of carbonyl (C=O) groups excluding carboxylic acids is 5. The number of aryl methyl sites for hydroxylation is 4. The van der Waals surface area contributed by atoms with Crippen molar-refractivity contribution in [3.63, 3.8) is 0 Å². The van der Waals surface area contributed by atoms with Gasteiger partial charge in [-0.05, 0) is 153 Å². The van der Waals surface area contributed by atoms with Gasteiger partial charge in [-0.1, -0.05) is 82.9 Å². The van der Waals surface area contributed by atoms with E-state index in [4.69, 9.17) is 18.9 Å². The van der Waals surface area contributed by atoms with Crippen LogP contribution in [0.1, 0.15) is 128 Å². The highest BCUT2D eigenvalue weighted by atomic mass is 16.6. The van der Waals surface area contributed by atoms with Crippen molar-refractivity contribution in [2.45, 2.75) is 92.4 Å². The molecular formula is C55H56N2O9. The fourth-order valence-corrected chi connectivity index (χ4v) is 6.80. The summed E-state index contributed by atoms with van der Waals surface area (Å²) in [7, 11) is 0. The summed E-state index contributed by atoms with van der Waals surface area (Å²) in [6.45, 7) is 19.1. The molecule has 0 radical (unpaired) electrons. The Kier molecular flexibility index (Phi) is 14.8. The minimum Gasteiger partial charge on any atom is -0.419 e. The van der Waals surface area contributed by atoms with Crippen LogP contribution in [0.5, 0.6) is 23.0 Å². The summed E-state index contributed by atoms with van der Waals surface area (Å²) in [4.78, 5) is 69.5. The Morgan fingerprint density at radius 3 is 0.848 bits per heavy atom. The molecule has 0 heterocycles. The number of Topliss-reactive ketones (excluding diaryl/α,β-unsaturated/α-hetero) is 1. The monoisotopic (exact) mass is 888 g/mol. The van der Waals surface area contributed by atoms with Crippen LogP contribution in [0.25, 0.3) is 0 Å². The molecule has 6 aromatic rings.